The summed E-state index contributed by atoms with van der Waals surface area (Å²) in [7, 11) is 0. The Labute approximate surface area is 231 Å². The third kappa shape index (κ3) is 13.5. The van der Waals surface area contributed by atoms with Gasteiger partial charge in [0.25, 0.3) is 0 Å². The smallest absolute Gasteiger partial charge is 0.326 e. The molecule has 0 aliphatic carbocycles. The van der Waals surface area contributed by atoms with E-state index in [-0.39, 0.29) is 31.8 Å². The average Bonchev–Trinajstić information content (AvgIpc) is 2.87. The van der Waals surface area contributed by atoms with Gasteiger partial charge in [-0.25, -0.2) is 4.79 Å². The highest BCUT2D eigenvalue weighted by Gasteiger charge is 2.31. The zero-order chi connectivity index (χ0) is 29.4. The summed E-state index contributed by atoms with van der Waals surface area (Å²) in [6.07, 6.45) is 1.96. The third-order valence-corrected chi connectivity index (χ3v) is 6.13. The van der Waals surface area contributed by atoms with Crippen LogP contribution in [0.4, 0.5) is 0 Å². The van der Waals surface area contributed by atoms with Crippen molar-refractivity contribution in [3.63, 3.8) is 0 Å². The molecule has 0 radical (unpaired) electrons. The van der Waals surface area contributed by atoms with Crippen LogP contribution < -0.4 is 38.9 Å². The van der Waals surface area contributed by atoms with E-state index < -0.39 is 60.2 Å². The van der Waals surface area contributed by atoms with E-state index in [0.717, 1.165) is 0 Å². The van der Waals surface area contributed by atoms with E-state index in [9.17, 15) is 29.1 Å². The number of hydrogen-bond acceptors (Lipinski definition) is 8. The van der Waals surface area contributed by atoms with Gasteiger partial charge in [0.05, 0.1) is 12.5 Å². The lowest BCUT2D eigenvalue weighted by molar-refractivity contribution is -0.142. The van der Waals surface area contributed by atoms with Gasteiger partial charge in [0.1, 0.15) is 18.1 Å². The molecular weight excluding hydrogens is 528 g/mol. The number of benzene rings is 1. The van der Waals surface area contributed by atoms with Crippen LogP contribution in [0.2, 0.25) is 0 Å². The second-order valence-electron chi connectivity index (χ2n) is 8.72. The zero-order valence-electron chi connectivity index (χ0n) is 21.8. The SMILES string of the molecule is CSCCC(N)C(=O)NC(CC(N)=O)C(=O)NC(Cc1ccccc1)C(=O)NC(CCCN=C(N)N)C(=O)O. The molecule has 0 saturated carbocycles. The van der Waals surface area contributed by atoms with E-state index in [1.807, 2.05) is 6.26 Å². The number of hydrogen-bond donors (Lipinski definition) is 8. The highest BCUT2D eigenvalue weighted by Crippen LogP contribution is 2.07. The lowest BCUT2D eigenvalue weighted by atomic mass is 10.0. The van der Waals surface area contributed by atoms with Gasteiger partial charge in [-0.2, -0.15) is 11.8 Å². The number of nitrogens with one attached hydrogen (secondary N) is 3. The van der Waals surface area contributed by atoms with Crippen LogP contribution in [0.5, 0.6) is 0 Å². The highest BCUT2D eigenvalue weighted by atomic mass is 32.2. The normalized spacial score (nSPS) is 13.7. The number of carbonyl (C=O) groups is 5. The van der Waals surface area contributed by atoms with Gasteiger partial charge in [-0.1, -0.05) is 30.3 Å². The van der Waals surface area contributed by atoms with Crippen molar-refractivity contribution in [2.75, 3.05) is 18.6 Å². The molecule has 15 heteroatoms. The van der Waals surface area contributed by atoms with Crippen molar-refractivity contribution in [1.82, 2.24) is 16.0 Å². The number of guanidine groups is 1. The van der Waals surface area contributed by atoms with Gasteiger partial charge in [0.2, 0.25) is 23.6 Å². The number of carbonyl (C=O) groups excluding carboxylic acids is 4. The van der Waals surface area contributed by atoms with E-state index in [4.69, 9.17) is 22.9 Å². The van der Waals surface area contributed by atoms with Crippen molar-refractivity contribution in [3.05, 3.63) is 35.9 Å². The molecule has 0 aliphatic heterocycles. The molecule has 0 heterocycles. The number of primary amides is 1. The monoisotopic (exact) mass is 566 g/mol. The maximum absolute atomic E-state index is 13.2. The first-order chi connectivity index (χ1) is 18.4. The molecule has 0 fully saturated rings. The summed E-state index contributed by atoms with van der Waals surface area (Å²) < 4.78 is 0. The number of nitrogens with two attached hydrogens (primary N) is 4. The van der Waals surface area contributed by atoms with E-state index in [0.29, 0.717) is 17.7 Å². The first-order valence-electron chi connectivity index (χ1n) is 12.2. The highest BCUT2D eigenvalue weighted by molar-refractivity contribution is 7.98. The molecule has 14 nitrogen and oxygen atoms in total. The Morgan fingerprint density at radius 3 is 2.05 bits per heavy atom. The predicted octanol–water partition coefficient (Wildman–Crippen LogP) is -2.22. The van der Waals surface area contributed by atoms with Crippen LogP contribution in [0.25, 0.3) is 0 Å². The van der Waals surface area contributed by atoms with Crippen molar-refractivity contribution in [2.24, 2.45) is 27.9 Å². The minimum Gasteiger partial charge on any atom is -0.480 e. The maximum atomic E-state index is 13.2. The fourth-order valence-electron chi connectivity index (χ4n) is 3.43. The van der Waals surface area contributed by atoms with Crippen LogP contribution in [0.3, 0.4) is 0 Å². The van der Waals surface area contributed by atoms with Crippen molar-refractivity contribution in [2.45, 2.75) is 56.3 Å². The number of amides is 4. The minimum absolute atomic E-state index is 0.00320. The Balaban J connectivity index is 3.08. The topological polar surface area (TPSA) is 258 Å². The van der Waals surface area contributed by atoms with Crippen LogP contribution in [-0.4, -0.2) is 83.4 Å². The number of aliphatic imine (C=N–C) groups is 1. The van der Waals surface area contributed by atoms with Gasteiger partial charge in [0, 0.05) is 13.0 Å². The fraction of sp³-hybridized carbons (Fsp3) is 0.500. The zero-order valence-corrected chi connectivity index (χ0v) is 22.6. The van der Waals surface area contributed by atoms with Gasteiger partial charge in [-0.05, 0) is 36.8 Å². The quantitative estimate of drug-likeness (QED) is 0.0539. The summed E-state index contributed by atoms with van der Waals surface area (Å²) in [5.74, 6) is -3.95. The maximum Gasteiger partial charge on any atom is 0.326 e. The summed E-state index contributed by atoms with van der Waals surface area (Å²) in [6.45, 7) is 0.166. The lowest BCUT2D eigenvalue weighted by Crippen LogP contribution is -2.58. The standard InChI is InChI=1S/C24H38N8O6S/c1-39-11-9-15(25)20(34)31-18(13-19(26)33)22(36)32-17(12-14-6-3-2-4-7-14)21(35)30-16(23(37)38)8-5-10-29-24(27)28/h2-4,6-7,15-18H,5,8-13,25H2,1H3,(H2,26,33)(H,30,35)(H,31,34)(H,32,36)(H,37,38)(H4,27,28,29). The summed E-state index contributed by atoms with van der Waals surface area (Å²) >= 11 is 1.49. The number of nitrogens with zero attached hydrogens (tertiary/aromatic N) is 1. The molecule has 1 rings (SSSR count). The molecule has 12 N–H and O–H groups in total. The molecule has 4 atom stereocenters. The van der Waals surface area contributed by atoms with Gasteiger partial charge in [-0.15, -0.1) is 0 Å². The summed E-state index contributed by atoms with van der Waals surface area (Å²) in [5.41, 5.74) is 22.4. The Hall–Kier alpha value is -3.85. The molecule has 0 bridgehead atoms. The van der Waals surface area contributed by atoms with Crippen molar-refractivity contribution < 1.29 is 29.1 Å². The number of rotatable bonds is 18. The number of thioether (sulfide) groups is 1. The van der Waals surface area contributed by atoms with Crippen molar-refractivity contribution in [1.29, 1.82) is 0 Å². The van der Waals surface area contributed by atoms with Gasteiger partial charge < -0.3 is 44.0 Å². The van der Waals surface area contributed by atoms with E-state index in [1.165, 1.54) is 11.8 Å². The largest absolute Gasteiger partial charge is 0.480 e. The van der Waals surface area contributed by atoms with Gasteiger partial charge in [-0.3, -0.25) is 24.2 Å². The van der Waals surface area contributed by atoms with Gasteiger partial charge in [0.15, 0.2) is 5.96 Å². The van der Waals surface area contributed by atoms with Crippen molar-refractivity contribution in [3.8, 4) is 0 Å². The molecule has 0 saturated heterocycles. The molecule has 4 amide bonds. The molecule has 216 valence electrons. The number of carboxylic acids is 1. The lowest BCUT2D eigenvalue weighted by Gasteiger charge is -2.25. The predicted molar refractivity (Wildman–Crippen MR) is 148 cm³/mol. The van der Waals surface area contributed by atoms with Crippen LogP contribution >= 0.6 is 11.8 Å². The van der Waals surface area contributed by atoms with E-state index >= 15 is 0 Å². The Morgan fingerprint density at radius 1 is 0.897 bits per heavy atom. The second-order valence-corrected chi connectivity index (χ2v) is 9.70. The fourth-order valence-corrected chi connectivity index (χ4v) is 3.92. The summed E-state index contributed by atoms with van der Waals surface area (Å²) in [4.78, 5) is 66.0. The molecule has 1 aromatic rings. The first-order valence-corrected chi connectivity index (χ1v) is 13.6. The van der Waals surface area contributed by atoms with Crippen LogP contribution in [0.1, 0.15) is 31.2 Å². The minimum atomic E-state index is -1.39. The third-order valence-electron chi connectivity index (χ3n) is 5.48. The average molecular weight is 567 g/mol. The number of aliphatic carboxylic acids is 1. The second kappa shape index (κ2) is 17.6. The Bertz CT molecular complexity index is 1010. The summed E-state index contributed by atoms with van der Waals surface area (Å²) in [6, 6.07) is 3.87. The molecule has 39 heavy (non-hydrogen) atoms. The molecule has 0 aliphatic rings. The van der Waals surface area contributed by atoms with Crippen LogP contribution in [0.15, 0.2) is 35.3 Å². The summed E-state index contributed by atoms with van der Waals surface area (Å²) in [5, 5.41) is 17.0. The Morgan fingerprint density at radius 2 is 1.49 bits per heavy atom. The number of carboxylic acid groups (broad SMARTS) is 1. The molecule has 1 aromatic carbocycles. The molecule has 0 aromatic heterocycles. The first kappa shape index (κ1) is 33.2. The molecule has 0 spiro atoms. The van der Waals surface area contributed by atoms with Crippen LogP contribution in [0, 0.1) is 0 Å². The van der Waals surface area contributed by atoms with Crippen LogP contribution in [-0.2, 0) is 30.4 Å². The van der Waals surface area contributed by atoms with E-state index in [1.54, 1.807) is 30.3 Å². The molecular formula is C24H38N8O6S. The molecule has 4 unspecified atom stereocenters. The van der Waals surface area contributed by atoms with Gasteiger partial charge >= 0.3 is 5.97 Å². The Kier molecular flexibility index (Phi) is 15.0. The van der Waals surface area contributed by atoms with E-state index in [2.05, 4.69) is 20.9 Å². The van der Waals surface area contributed by atoms with Crippen molar-refractivity contribution >= 4 is 47.3 Å².